The highest BCUT2D eigenvalue weighted by molar-refractivity contribution is 5.74. The van der Waals surface area contributed by atoms with Gasteiger partial charge in [0.2, 0.25) is 0 Å². The lowest BCUT2D eigenvalue weighted by Gasteiger charge is -2.06. The second kappa shape index (κ2) is 7.81. The van der Waals surface area contributed by atoms with E-state index < -0.39 is 0 Å². The van der Waals surface area contributed by atoms with Crippen molar-refractivity contribution < 1.29 is 4.79 Å². The summed E-state index contributed by atoms with van der Waals surface area (Å²) < 4.78 is 1.51. The van der Waals surface area contributed by atoms with Gasteiger partial charge in [-0.1, -0.05) is 38.3 Å². The molecule has 3 N–H and O–H groups in total. The normalized spacial score (nSPS) is 12.4. The maximum atomic E-state index is 11.0. The van der Waals surface area contributed by atoms with E-state index in [4.69, 9.17) is 5.84 Å². The van der Waals surface area contributed by atoms with Crippen LogP contribution in [0.1, 0.15) is 45.2 Å². The monoisotopic (exact) mass is 253 g/mol. The molecule has 1 atom stereocenters. The van der Waals surface area contributed by atoms with Crippen LogP contribution in [0.25, 0.3) is 0 Å². The topological polar surface area (TPSA) is 85.8 Å². The molecule has 0 fully saturated rings. The molecule has 0 aliphatic heterocycles. The number of nitrogens with one attached hydrogen (secondary N) is 1. The van der Waals surface area contributed by atoms with Gasteiger partial charge in [0.05, 0.1) is 5.69 Å². The number of hydrazine groups is 1. The molecule has 0 aromatic carbocycles. The fourth-order valence-corrected chi connectivity index (χ4v) is 1.73. The maximum absolute atomic E-state index is 11.0. The molecule has 1 rings (SSSR count). The lowest BCUT2D eigenvalue weighted by Crippen LogP contribution is -2.33. The van der Waals surface area contributed by atoms with Crippen LogP contribution >= 0.6 is 0 Å². The van der Waals surface area contributed by atoms with E-state index in [9.17, 15) is 4.79 Å². The van der Waals surface area contributed by atoms with E-state index >= 15 is 0 Å². The predicted octanol–water partition coefficient (Wildman–Crippen LogP) is 1.03. The quantitative estimate of drug-likeness (QED) is 0.313. The van der Waals surface area contributed by atoms with Gasteiger partial charge in [0.1, 0.15) is 6.54 Å². The van der Waals surface area contributed by atoms with Crippen molar-refractivity contribution >= 4 is 5.91 Å². The second-order valence-corrected chi connectivity index (χ2v) is 4.73. The van der Waals surface area contributed by atoms with Gasteiger partial charge in [-0.3, -0.25) is 10.2 Å². The summed E-state index contributed by atoms with van der Waals surface area (Å²) in [5.41, 5.74) is 3.00. The molecule has 0 saturated heterocycles. The van der Waals surface area contributed by atoms with Crippen molar-refractivity contribution in [3.8, 4) is 0 Å². The molecule has 0 aliphatic rings. The number of unbranched alkanes of at least 4 members (excludes halogenated alkanes) is 1. The van der Waals surface area contributed by atoms with Gasteiger partial charge in [-0.05, 0) is 18.8 Å². The summed E-state index contributed by atoms with van der Waals surface area (Å²) in [6.45, 7) is 4.62. The van der Waals surface area contributed by atoms with Crippen LogP contribution in [0.5, 0.6) is 0 Å². The van der Waals surface area contributed by atoms with Crippen LogP contribution in [0.4, 0.5) is 0 Å². The number of nitrogens with zero attached hydrogens (tertiary/aromatic N) is 3. The van der Waals surface area contributed by atoms with Gasteiger partial charge in [-0.15, -0.1) is 5.10 Å². The van der Waals surface area contributed by atoms with E-state index in [1.807, 2.05) is 0 Å². The minimum atomic E-state index is -0.275. The van der Waals surface area contributed by atoms with Gasteiger partial charge in [0.25, 0.3) is 5.91 Å². The van der Waals surface area contributed by atoms with Crippen LogP contribution in [-0.2, 0) is 17.8 Å². The number of carbonyl (C=O) groups excluding carboxylic acids is 1. The summed E-state index contributed by atoms with van der Waals surface area (Å²) in [7, 11) is 0. The number of amides is 1. The number of rotatable bonds is 8. The van der Waals surface area contributed by atoms with E-state index in [2.05, 4.69) is 29.6 Å². The lowest BCUT2D eigenvalue weighted by molar-refractivity contribution is -0.121. The fraction of sp³-hybridized carbons (Fsp3) is 0.750. The zero-order valence-electron chi connectivity index (χ0n) is 11.2. The van der Waals surface area contributed by atoms with Gasteiger partial charge < -0.3 is 0 Å². The van der Waals surface area contributed by atoms with Crippen molar-refractivity contribution in [1.29, 1.82) is 0 Å². The maximum Gasteiger partial charge on any atom is 0.255 e. The molecule has 1 amide bonds. The molecule has 18 heavy (non-hydrogen) atoms. The van der Waals surface area contributed by atoms with Crippen molar-refractivity contribution in [2.45, 2.75) is 52.5 Å². The third-order valence-electron chi connectivity index (χ3n) is 3.13. The molecule has 0 saturated carbocycles. The van der Waals surface area contributed by atoms with Crippen molar-refractivity contribution in [2.24, 2.45) is 11.8 Å². The molecule has 1 heterocycles. The summed E-state index contributed by atoms with van der Waals surface area (Å²) in [6, 6.07) is 0. The Morgan fingerprint density at radius 1 is 1.56 bits per heavy atom. The van der Waals surface area contributed by atoms with E-state index in [1.165, 1.54) is 23.9 Å². The van der Waals surface area contributed by atoms with E-state index in [0.717, 1.165) is 24.5 Å². The van der Waals surface area contributed by atoms with Gasteiger partial charge in [0.15, 0.2) is 0 Å². The zero-order valence-corrected chi connectivity index (χ0v) is 11.2. The third kappa shape index (κ3) is 5.27. The number of aryl methyl sites for hydroxylation is 1. The minimum absolute atomic E-state index is 0.121. The van der Waals surface area contributed by atoms with Gasteiger partial charge in [-0.25, -0.2) is 10.5 Å². The first-order valence-corrected chi connectivity index (χ1v) is 6.54. The van der Waals surface area contributed by atoms with Crippen molar-refractivity contribution in [3.63, 3.8) is 0 Å². The van der Waals surface area contributed by atoms with E-state index in [0.29, 0.717) is 0 Å². The molecule has 1 aromatic rings. The van der Waals surface area contributed by atoms with Crippen LogP contribution in [0.2, 0.25) is 0 Å². The summed E-state index contributed by atoms with van der Waals surface area (Å²) in [5, 5.41) is 7.92. The molecule has 0 spiro atoms. The number of aromatic nitrogens is 3. The highest BCUT2D eigenvalue weighted by Crippen LogP contribution is 2.12. The Kier molecular flexibility index (Phi) is 6.35. The van der Waals surface area contributed by atoms with Crippen LogP contribution < -0.4 is 11.3 Å². The largest absolute Gasteiger partial charge is 0.293 e. The first-order chi connectivity index (χ1) is 8.65. The Morgan fingerprint density at radius 2 is 2.33 bits per heavy atom. The van der Waals surface area contributed by atoms with E-state index in [-0.39, 0.29) is 12.5 Å². The molecule has 6 nitrogen and oxygen atoms in total. The van der Waals surface area contributed by atoms with Gasteiger partial charge in [-0.2, -0.15) is 0 Å². The molecule has 1 unspecified atom stereocenters. The zero-order chi connectivity index (χ0) is 13.4. The summed E-state index contributed by atoms with van der Waals surface area (Å²) in [4.78, 5) is 11.0. The van der Waals surface area contributed by atoms with Crippen LogP contribution in [0.15, 0.2) is 6.20 Å². The molecule has 1 aromatic heterocycles. The smallest absolute Gasteiger partial charge is 0.255 e. The van der Waals surface area contributed by atoms with Crippen LogP contribution in [0, 0.1) is 5.92 Å². The minimum Gasteiger partial charge on any atom is -0.293 e. The van der Waals surface area contributed by atoms with E-state index in [1.54, 1.807) is 6.20 Å². The first-order valence-electron chi connectivity index (χ1n) is 6.54. The number of hydrogen-bond acceptors (Lipinski definition) is 4. The Hall–Kier alpha value is -1.43. The fourth-order valence-electron chi connectivity index (χ4n) is 1.73. The summed E-state index contributed by atoms with van der Waals surface area (Å²) in [5.74, 6) is 5.53. The molecule has 6 heteroatoms. The Morgan fingerprint density at radius 3 is 3.00 bits per heavy atom. The van der Waals surface area contributed by atoms with Crippen molar-refractivity contribution in [2.75, 3.05) is 0 Å². The molecule has 0 aliphatic carbocycles. The summed E-state index contributed by atoms with van der Waals surface area (Å²) >= 11 is 0. The van der Waals surface area contributed by atoms with Crippen LogP contribution in [-0.4, -0.2) is 20.9 Å². The molecule has 102 valence electrons. The Labute approximate surface area is 108 Å². The lowest BCUT2D eigenvalue weighted by atomic mass is 10.0. The highest BCUT2D eigenvalue weighted by Gasteiger charge is 2.05. The second-order valence-electron chi connectivity index (χ2n) is 4.73. The Bertz CT molecular complexity index is 363. The summed E-state index contributed by atoms with van der Waals surface area (Å²) in [6.07, 6.45) is 7.56. The molecule has 0 bridgehead atoms. The molecular formula is C12H23N5O. The third-order valence-corrected chi connectivity index (χ3v) is 3.13. The van der Waals surface area contributed by atoms with Crippen molar-refractivity contribution in [3.05, 3.63) is 11.9 Å². The van der Waals surface area contributed by atoms with Crippen molar-refractivity contribution in [1.82, 2.24) is 20.4 Å². The average Bonchev–Trinajstić information content (AvgIpc) is 2.81. The number of hydrogen-bond donors (Lipinski definition) is 2. The molecular weight excluding hydrogens is 230 g/mol. The highest BCUT2D eigenvalue weighted by atomic mass is 16.2. The van der Waals surface area contributed by atoms with Gasteiger partial charge in [0, 0.05) is 6.20 Å². The first kappa shape index (κ1) is 14.6. The number of nitrogens with two attached hydrogens (primary N) is 1. The Balaban J connectivity index is 2.25. The van der Waals surface area contributed by atoms with Gasteiger partial charge >= 0.3 is 0 Å². The molecule has 0 radical (unpaired) electrons. The predicted molar refractivity (Wildman–Crippen MR) is 69.4 cm³/mol. The average molecular weight is 253 g/mol. The SMILES string of the molecule is CCC(C)CCCCc1cn(CC(=O)NN)nn1. The standard InChI is InChI=1S/C12H23N5O/c1-3-10(2)6-4-5-7-11-8-17(16-15-11)9-12(18)14-13/h8,10H,3-7,9,13H2,1-2H3,(H,14,18). The number of carbonyl (C=O) groups is 1. The van der Waals surface area contributed by atoms with Crippen LogP contribution in [0.3, 0.4) is 0 Å².